The molecule has 0 aliphatic rings. The maximum atomic E-state index is 12.6. The van der Waals surface area contributed by atoms with Gasteiger partial charge in [0.15, 0.2) is 0 Å². The van der Waals surface area contributed by atoms with Gasteiger partial charge in [0.1, 0.15) is 11.6 Å². The highest BCUT2D eigenvalue weighted by Gasteiger charge is 2.34. The monoisotopic (exact) mass is 257 g/mol. The van der Waals surface area contributed by atoms with Crippen molar-refractivity contribution in [2.75, 3.05) is 5.73 Å². The standard InChI is InChI=1S/C7H4F5N.2C2H6/c8-4-2-6(13)5(9)1-3(4)7(10,11)12;2*1-2/h1-2H,13H2;2*1-2H3. The third-order valence-electron chi connectivity index (χ3n) is 1.39. The van der Waals surface area contributed by atoms with Crippen LogP contribution in [0.2, 0.25) is 0 Å². The van der Waals surface area contributed by atoms with E-state index in [1.54, 1.807) is 0 Å². The Morgan fingerprint density at radius 2 is 1.29 bits per heavy atom. The van der Waals surface area contributed by atoms with Gasteiger partial charge in [-0.05, 0) is 6.07 Å². The second-order valence-electron chi connectivity index (χ2n) is 2.35. The lowest BCUT2D eigenvalue weighted by atomic mass is 10.2. The molecular formula is C11H16F5N. The summed E-state index contributed by atoms with van der Waals surface area (Å²) >= 11 is 0. The molecule has 0 fully saturated rings. The molecule has 0 radical (unpaired) electrons. The van der Waals surface area contributed by atoms with Gasteiger partial charge in [0, 0.05) is 6.07 Å². The molecule has 0 atom stereocenters. The number of hydrogen-bond donors (Lipinski definition) is 1. The molecule has 1 aromatic carbocycles. The Bertz CT molecular complexity index is 333. The number of rotatable bonds is 0. The van der Waals surface area contributed by atoms with E-state index in [0.29, 0.717) is 6.07 Å². The molecule has 0 heterocycles. The van der Waals surface area contributed by atoms with Gasteiger partial charge >= 0.3 is 6.18 Å². The predicted molar refractivity (Wildman–Crippen MR) is 58.5 cm³/mol. The summed E-state index contributed by atoms with van der Waals surface area (Å²) in [6.07, 6.45) is -4.90. The van der Waals surface area contributed by atoms with E-state index in [1.807, 2.05) is 27.7 Å². The highest BCUT2D eigenvalue weighted by atomic mass is 19.4. The van der Waals surface area contributed by atoms with E-state index in [1.165, 1.54) is 0 Å². The van der Waals surface area contributed by atoms with E-state index < -0.39 is 29.1 Å². The Kier molecular flexibility index (Phi) is 8.35. The smallest absolute Gasteiger partial charge is 0.396 e. The van der Waals surface area contributed by atoms with Crippen molar-refractivity contribution in [2.24, 2.45) is 0 Å². The molecule has 0 saturated carbocycles. The molecular weight excluding hydrogens is 241 g/mol. The SMILES string of the molecule is CC.CC.Nc1cc(F)c(C(F)(F)F)cc1F. The van der Waals surface area contributed by atoms with Crippen LogP contribution in [-0.4, -0.2) is 0 Å². The molecule has 0 saturated heterocycles. The Morgan fingerprint density at radius 3 is 1.65 bits per heavy atom. The van der Waals surface area contributed by atoms with Gasteiger partial charge in [-0.1, -0.05) is 27.7 Å². The van der Waals surface area contributed by atoms with E-state index in [2.05, 4.69) is 0 Å². The summed E-state index contributed by atoms with van der Waals surface area (Å²) in [5.41, 5.74) is 2.55. The lowest BCUT2D eigenvalue weighted by Gasteiger charge is -2.08. The minimum absolute atomic E-state index is 0.0324. The molecule has 6 heteroatoms. The Labute approximate surface area is 97.4 Å². The molecule has 0 bridgehead atoms. The number of hydrogen-bond acceptors (Lipinski definition) is 1. The number of benzene rings is 1. The summed E-state index contributed by atoms with van der Waals surface area (Å²) in [7, 11) is 0. The van der Waals surface area contributed by atoms with Gasteiger partial charge in [-0.3, -0.25) is 0 Å². The zero-order chi connectivity index (χ0) is 14.2. The number of nitrogen functional groups attached to an aromatic ring is 1. The lowest BCUT2D eigenvalue weighted by Crippen LogP contribution is -2.09. The summed E-state index contributed by atoms with van der Waals surface area (Å²) in [5.74, 6) is -2.86. The van der Waals surface area contributed by atoms with E-state index in [0.717, 1.165) is 0 Å². The zero-order valence-corrected chi connectivity index (χ0v) is 10.1. The van der Waals surface area contributed by atoms with Crippen molar-refractivity contribution in [1.82, 2.24) is 0 Å². The fourth-order valence-corrected chi connectivity index (χ4v) is 0.779. The minimum Gasteiger partial charge on any atom is -0.396 e. The summed E-state index contributed by atoms with van der Waals surface area (Å²) in [6, 6.07) is 0.336. The van der Waals surface area contributed by atoms with Gasteiger partial charge in [0.25, 0.3) is 0 Å². The zero-order valence-electron chi connectivity index (χ0n) is 10.1. The predicted octanol–water partition coefficient (Wildman–Crippen LogP) is 4.62. The van der Waals surface area contributed by atoms with Crippen molar-refractivity contribution >= 4 is 5.69 Å². The topological polar surface area (TPSA) is 26.0 Å². The van der Waals surface area contributed by atoms with Crippen LogP contribution in [0, 0.1) is 11.6 Å². The number of alkyl halides is 3. The number of halogens is 5. The molecule has 1 aromatic rings. The molecule has 1 rings (SSSR count). The molecule has 0 unspecified atom stereocenters. The van der Waals surface area contributed by atoms with E-state index in [4.69, 9.17) is 5.73 Å². The molecule has 1 nitrogen and oxygen atoms in total. The van der Waals surface area contributed by atoms with Crippen LogP contribution in [0.15, 0.2) is 12.1 Å². The molecule has 0 spiro atoms. The first-order valence-corrected chi connectivity index (χ1v) is 5.14. The summed E-state index contributed by atoms with van der Waals surface area (Å²) in [4.78, 5) is 0. The average molecular weight is 257 g/mol. The van der Waals surface area contributed by atoms with Crippen molar-refractivity contribution in [3.63, 3.8) is 0 Å². The van der Waals surface area contributed by atoms with E-state index >= 15 is 0 Å². The lowest BCUT2D eigenvalue weighted by molar-refractivity contribution is -0.140. The first-order valence-electron chi connectivity index (χ1n) is 5.14. The number of anilines is 1. The van der Waals surface area contributed by atoms with Crippen LogP contribution in [0.4, 0.5) is 27.6 Å². The average Bonchev–Trinajstić information content (AvgIpc) is 2.27. The Morgan fingerprint density at radius 1 is 0.882 bits per heavy atom. The maximum absolute atomic E-state index is 12.6. The minimum atomic E-state index is -4.90. The van der Waals surface area contributed by atoms with Crippen LogP contribution in [0.25, 0.3) is 0 Å². The molecule has 0 aliphatic heterocycles. The molecule has 0 amide bonds. The fourth-order valence-electron chi connectivity index (χ4n) is 0.779. The van der Waals surface area contributed by atoms with Crippen molar-refractivity contribution in [2.45, 2.75) is 33.9 Å². The van der Waals surface area contributed by atoms with Crippen molar-refractivity contribution in [3.05, 3.63) is 29.3 Å². The van der Waals surface area contributed by atoms with Gasteiger partial charge in [-0.25, -0.2) is 8.78 Å². The van der Waals surface area contributed by atoms with Crippen LogP contribution >= 0.6 is 0 Å². The first-order chi connectivity index (χ1) is 7.82. The second kappa shape index (κ2) is 7.86. The fraction of sp³-hybridized carbons (Fsp3) is 0.455. The second-order valence-corrected chi connectivity index (χ2v) is 2.35. The van der Waals surface area contributed by atoms with Crippen molar-refractivity contribution < 1.29 is 22.0 Å². The largest absolute Gasteiger partial charge is 0.419 e. The normalized spacial score (nSPS) is 9.71. The van der Waals surface area contributed by atoms with Crippen molar-refractivity contribution in [3.8, 4) is 0 Å². The third-order valence-corrected chi connectivity index (χ3v) is 1.39. The summed E-state index contributed by atoms with van der Waals surface area (Å²) in [5, 5.41) is 0. The van der Waals surface area contributed by atoms with Crippen LogP contribution in [0.3, 0.4) is 0 Å². The highest BCUT2D eigenvalue weighted by Crippen LogP contribution is 2.32. The van der Waals surface area contributed by atoms with E-state index in [9.17, 15) is 22.0 Å². The quantitative estimate of drug-likeness (QED) is 0.532. The maximum Gasteiger partial charge on any atom is 0.419 e. The molecule has 0 aliphatic carbocycles. The molecule has 0 aromatic heterocycles. The summed E-state index contributed by atoms with van der Waals surface area (Å²) < 4.78 is 60.8. The van der Waals surface area contributed by atoms with Crippen molar-refractivity contribution in [1.29, 1.82) is 0 Å². The highest BCUT2D eigenvalue weighted by molar-refractivity contribution is 5.42. The third kappa shape index (κ3) is 5.51. The van der Waals surface area contributed by atoms with Gasteiger partial charge in [-0.2, -0.15) is 13.2 Å². The number of nitrogens with two attached hydrogens (primary N) is 1. The first kappa shape index (κ1) is 18.0. The van der Waals surface area contributed by atoms with Gasteiger partial charge in [0.2, 0.25) is 0 Å². The van der Waals surface area contributed by atoms with Crippen LogP contribution in [-0.2, 0) is 6.18 Å². The molecule has 17 heavy (non-hydrogen) atoms. The van der Waals surface area contributed by atoms with Gasteiger partial charge in [0.05, 0.1) is 11.3 Å². The Hall–Kier alpha value is -1.33. The van der Waals surface area contributed by atoms with E-state index in [-0.39, 0.29) is 6.07 Å². The van der Waals surface area contributed by atoms with Gasteiger partial charge in [-0.15, -0.1) is 0 Å². The molecule has 2 N–H and O–H groups in total. The van der Waals surface area contributed by atoms with Gasteiger partial charge < -0.3 is 5.73 Å². The Balaban J connectivity index is 0. The molecule has 100 valence electrons. The van der Waals surface area contributed by atoms with Crippen LogP contribution < -0.4 is 5.73 Å². The van der Waals surface area contributed by atoms with Crippen LogP contribution in [0.1, 0.15) is 33.3 Å². The summed E-state index contributed by atoms with van der Waals surface area (Å²) in [6.45, 7) is 8.00. The van der Waals surface area contributed by atoms with Crippen LogP contribution in [0.5, 0.6) is 0 Å².